The molecule has 3 unspecified atom stereocenters. The molecule has 1 saturated carbocycles. The van der Waals surface area contributed by atoms with Gasteiger partial charge >= 0.3 is 5.97 Å². The zero-order chi connectivity index (χ0) is 13.8. The summed E-state index contributed by atoms with van der Waals surface area (Å²) in [6.45, 7) is 1.36. The molecule has 0 aromatic heterocycles. The molecule has 1 N–H and O–H groups in total. The average molecular weight is 269 g/mol. The SMILES string of the molecule is CN(CC1CCCCO1)C(=O)C1CCCC1C(=O)O. The van der Waals surface area contributed by atoms with Crippen LogP contribution in [-0.4, -0.2) is 48.2 Å². The van der Waals surface area contributed by atoms with Crippen LogP contribution in [0.2, 0.25) is 0 Å². The Balaban J connectivity index is 1.89. The lowest BCUT2D eigenvalue weighted by molar-refractivity contribution is -0.149. The number of carbonyl (C=O) groups is 2. The zero-order valence-corrected chi connectivity index (χ0v) is 11.5. The van der Waals surface area contributed by atoms with E-state index in [2.05, 4.69) is 0 Å². The molecule has 2 rings (SSSR count). The molecule has 1 saturated heterocycles. The van der Waals surface area contributed by atoms with Crippen molar-refractivity contribution in [3.8, 4) is 0 Å². The van der Waals surface area contributed by atoms with E-state index in [1.165, 1.54) is 0 Å². The molecule has 2 aliphatic rings. The van der Waals surface area contributed by atoms with Crippen molar-refractivity contribution in [3.63, 3.8) is 0 Å². The summed E-state index contributed by atoms with van der Waals surface area (Å²) in [5.41, 5.74) is 0. The van der Waals surface area contributed by atoms with Gasteiger partial charge in [-0.2, -0.15) is 0 Å². The van der Waals surface area contributed by atoms with E-state index in [1.807, 2.05) is 0 Å². The number of ether oxygens (including phenoxy) is 1. The van der Waals surface area contributed by atoms with E-state index in [4.69, 9.17) is 9.84 Å². The van der Waals surface area contributed by atoms with Crippen LogP contribution in [0.1, 0.15) is 38.5 Å². The highest BCUT2D eigenvalue weighted by Crippen LogP contribution is 2.33. The Hall–Kier alpha value is -1.10. The van der Waals surface area contributed by atoms with Crippen LogP contribution >= 0.6 is 0 Å². The molecule has 1 heterocycles. The number of carboxylic acids is 1. The lowest BCUT2D eigenvalue weighted by Gasteiger charge is -2.29. The number of nitrogens with zero attached hydrogens (tertiary/aromatic N) is 1. The standard InChI is InChI=1S/C14H23NO4/c1-15(9-10-5-2-3-8-19-10)13(16)11-6-4-7-12(11)14(17)18/h10-12H,2-9H2,1H3,(H,17,18). The number of aliphatic carboxylic acids is 1. The minimum atomic E-state index is -0.835. The predicted molar refractivity (Wildman–Crippen MR) is 69.7 cm³/mol. The monoisotopic (exact) mass is 269 g/mol. The molecule has 3 atom stereocenters. The summed E-state index contributed by atoms with van der Waals surface area (Å²) in [7, 11) is 1.76. The largest absolute Gasteiger partial charge is 0.481 e. The first-order valence-electron chi connectivity index (χ1n) is 7.19. The van der Waals surface area contributed by atoms with Crippen molar-refractivity contribution < 1.29 is 19.4 Å². The smallest absolute Gasteiger partial charge is 0.307 e. The first-order chi connectivity index (χ1) is 9.09. The second-order valence-electron chi connectivity index (χ2n) is 5.69. The van der Waals surface area contributed by atoms with Gasteiger partial charge < -0.3 is 14.7 Å². The molecule has 0 bridgehead atoms. The van der Waals surface area contributed by atoms with Gasteiger partial charge in [-0.15, -0.1) is 0 Å². The number of likely N-dealkylation sites (N-methyl/N-ethyl adjacent to an activating group) is 1. The van der Waals surface area contributed by atoms with Gasteiger partial charge in [0.15, 0.2) is 0 Å². The van der Waals surface area contributed by atoms with Crippen LogP contribution in [0.5, 0.6) is 0 Å². The lowest BCUT2D eigenvalue weighted by Crippen LogP contribution is -2.42. The van der Waals surface area contributed by atoms with E-state index in [9.17, 15) is 9.59 Å². The van der Waals surface area contributed by atoms with Gasteiger partial charge in [-0.25, -0.2) is 0 Å². The number of carboxylic acid groups (broad SMARTS) is 1. The fraction of sp³-hybridized carbons (Fsp3) is 0.857. The summed E-state index contributed by atoms with van der Waals surface area (Å²) in [4.78, 5) is 25.1. The fourth-order valence-corrected chi connectivity index (χ4v) is 3.18. The maximum atomic E-state index is 12.3. The minimum absolute atomic E-state index is 0.0286. The molecule has 2 fully saturated rings. The number of hydrogen-bond donors (Lipinski definition) is 1. The normalized spacial score (nSPS) is 31.1. The average Bonchev–Trinajstić information content (AvgIpc) is 2.88. The Morgan fingerprint density at radius 1 is 1.16 bits per heavy atom. The van der Waals surface area contributed by atoms with Gasteiger partial charge in [0.25, 0.3) is 0 Å². The Kier molecular flexibility index (Phi) is 4.80. The molecular weight excluding hydrogens is 246 g/mol. The summed E-state index contributed by atoms with van der Waals surface area (Å²) < 4.78 is 5.63. The van der Waals surface area contributed by atoms with Gasteiger partial charge in [-0.1, -0.05) is 6.42 Å². The molecule has 0 aromatic rings. The van der Waals surface area contributed by atoms with Crippen LogP contribution in [-0.2, 0) is 14.3 Å². The summed E-state index contributed by atoms with van der Waals surface area (Å²) in [5, 5.41) is 9.14. The van der Waals surface area contributed by atoms with Crippen molar-refractivity contribution in [2.45, 2.75) is 44.6 Å². The van der Waals surface area contributed by atoms with Crippen LogP contribution in [0.15, 0.2) is 0 Å². The van der Waals surface area contributed by atoms with Crippen LogP contribution in [0.25, 0.3) is 0 Å². The van der Waals surface area contributed by atoms with Crippen molar-refractivity contribution in [3.05, 3.63) is 0 Å². The second-order valence-corrected chi connectivity index (χ2v) is 5.69. The van der Waals surface area contributed by atoms with Gasteiger partial charge in [-0.3, -0.25) is 9.59 Å². The second kappa shape index (κ2) is 6.37. The molecule has 108 valence electrons. The predicted octanol–water partition coefficient (Wildman–Crippen LogP) is 1.51. The highest BCUT2D eigenvalue weighted by atomic mass is 16.5. The third kappa shape index (κ3) is 3.47. The third-order valence-electron chi connectivity index (χ3n) is 4.28. The molecule has 0 aromatic carbocycles. The summed E-state index contributed by atoms with van der Waals surface area (Å²) in [6.07, 6.45) is 5.51. The summed E-state index contributed by atoms with van der Waals surface area (Å²) in [5.74, 6) is -1.70. The molecule has 1 aliphatic heterocycles. The minimum Gasteiger partial charge on any atom is -0.481 e. The van der Waals surface area contributed by atoms with Crippen LogP contribution in [0, 0.1) is 11.8 Å². The van der Waals surface area contributed by atoms with Crippen LogP contribution in [0.4, 0.5) is 0 Å². The molecule has 5 nitrogen and oxygen atoms in total. The maximum Gasteiger partial charge on any atom is 0.307 e. The van der Waals surface area contributed by atoms with Crippen molar-refractivity contribution >= 4 is 11.9 Å². The number of rotatable bonds is 4. The number of amides is 1. The van der Waals surface area contributed by atoms with Crippen molar-refractivity contribution in [1.29, 1.82) is 0 Å². The lowest BCUT2D eigenvalue weighted by atomic mass is 9.94. The highest BCUT2D eigenvalue weighted by Gasteiger charge is 2.39. The van der Waals surface area contributed by atoms with E-state index in [1.54, 1.807) is 11.9 Å². The van der Waals surface area contributed by atoms with Gasteiger partial charge in [0.2, 0.25) is 5.91 Å². The van der Waals surface area contributed by atoms with Crippen LogP contribution < -0.4 is 0 Å². The van der Waals surface area contributed by atoms with Gasteiger partial charge in [0.1, 0.15) is 0 Å². The number of hydrogen-bond acceptors (Lipinski definition) is 3. The van der Waals surface area contributed by atoms with E-state index in [0.29, 0.717) is 19.4 Å². The molecule has 19 heavy (non-hydrogen) atoms. The molecule has 5 heteroatoms. The van der Waals surface area contributed by atoms with Crippen molar-refractivity contribution in [2.24, 2.45) is 11.8 Å². The number of carbonyl (C=O) groups excluding carboxylic acids is 1. The van der Waals surface area contributed by atoms with Gasteiger partial charge in [-0.05, 0) is 32.1 Å². The first-order valence-corrected chi connectivity index (χ1v) is 7.19. The summed E-state index contributed by atoms with van der Waals surface area (Å²) >= 11 is 0. The Bertz CT molecular complexity index is 338. The molecule has 1 amide bonds. The maximum absolute atomic E-state index is 12.3. The van der Waals surface area contributed by atoms with Gasteiger partial charge in [0, 0.05) is 20.2 Å². The van der Waals surface area contributed by atoms with E-state index in [0.717, 1.165) is 32.3 Å². The summed E-state index contributed by atoms with van der Waals surface area (Å²) in [6, 6.07) is 0. The van der Waals surface area contributed by atoms with Crippen molar-refractivity contribution in [2.75, 3.05) is 20.2 Å². The fourth-order valence-electron chi connectivity index (χ4n) is 3.18. The first kappa shape index (κ1) is 14.3. The Morgan fingerprint density at radius 3 is 2.53 bits per heavy atom. The molecule has 0 spiro atoms. The Morgan fingerprint density at radius 2 is 1.89 bits per heavy atom. The Labute approximate surface area is 113 Å². The van der Waals surface area contributed by atoms with Gasteiger partial charge in [0.05, 0.1) is 17.9 Å². The third-order valence-corrected chi connectivity index (χ3v) is 4.28. The molecule has 1 aliphatic carbocycles. The molecule has 0 radical (unpaired) electrons. The van der Waals surface area contributed by atoms with E-state index in [-0.39, 0.29) is 17.9 Å². The van der Waals surface area contributed by atoms with Crippen LogP contribution in [0.3, 0.4) is 0 Å². The van der Waals surface area contributed by atoms with E-state index >= 15 is 0 Å². The quantitative estimate of drug-likeness (QED) is 0.840. The zero-order valence-electron chi connectivity index (χ0n) is 11.5. The van der Waals surface area contributed by atoms with E-state index < -0.39 is 11.9 Å². The van der Waals surface area contributed by atoms with Crippen molar-refractivity contribution in [1.82, 2.24) is 4.90 Å². The topological polar surface area (TPSA) is 66.8 Å². The highest BCUT2D eigenvalue weighted by molar-refractivity contribution is 5.85. The molecular formula is C14H23NO4.